The van der Waals surface area contributed by atoms with Crippen LogP contribution in [0, 0.1) is 11.6 Å². The maximum Gasteiger partial charge on any atom is 0.141 e. The topological polar surface area (TPSA) is 24.9 Å². The van der Waals surface area contributed by atoms with E-state index in [0.717, 1.165) is 22.2 Å². The van der Waals surface area contributed by atoms with Crippen LogP contribution in [0.1, 0.15) is 30.6 Å². The monoisotopic (exact) mass is 340 g/mol. The lowest BCUT2D eigenvalue weighted by molar-refractivity contribution is 0.502. The summed E-state index contributed by atoms with van der Waals surface area (Å²) in [5.74, 6) is -0.616. The third-order valence-corrected chi connectivity index (χ3v) is 3.84. The second-order valence-corrected chi connectivity index (χ2v) is 5.33. The van der Waals surface area contributed by atoms with Crippen LogP contribution in [-0.4, -0.2) is 4.98 Å². The van der Waals surface area contributed by atoms with E-state index in [1.807, 2.05) is 6.92 Å². The summed E-state index contributed by atoms with van der Waals surface area (Å²) in [5, 5.41) is 3.31. The number of benzene rings is 1. The van der Waals surface area contributed by atoms with Crippen molar-refractivity contribution >= 4 is 15.9 Å². The SMILES string of the molecule is CCC(NCc1cc(F)ccc1Br)c1ccc(F)cn1. The van der Waals surface area contributed by atoms with Crippen LogP contribution in [0.3, 0.4) is 0 Å². The normalized spacial score (nSPS) is 12.4. The van der Waals surface area contributed by atoms with E-state index in [9.17, 15) is 8.78 Å². The molecule has 1 unspecified atom stereocenters. The molecule has 0 aliphatic rings. The molecule has 2 aromatic rings. The van der Waals surface area contributed by atoms with Gasteiger partial charge < -0.3 is 5.32 Å². The number of halogens is 3. The van der Waals surface area contributed by atoms with Crippen LogP contribution in [0.25, 0.3) is 0 Å². The molecular formula is C15H15BrF2N2. The van der Waals surface area contributed by atoms with Crippen molar-refractivity contribution < 1.29 is 8.78 Å². The molecule has 0 saturated heterocycles. The first-order valence-electron chi connectivity index (χ1n) is 6.39. The van der Waals surface area contributed by atoms with Gasteiger partial charge in [-0.1, -0.05) is 22.9 Å². The lowest BCUT2D eigenvalue weighted by Gasteiger charge is -2.17. The van der Waals surface area contributed by atoms with Crippen molar-refractivity contribution in [3.05, 3.63) is 63.9 Å². The number of rotatable bonds is 5. The van der Waals surface area contributed by atoms with E-state index in [2.05, 4.69) is 26.2 Å². The molecule has 0 bridgehead atoms. The van der Waals surface area contributed by atoms with E-state index < -0.39 is 0 Å². The van der Waals surface area contributed by atoms with Crippen LogP contribution in [0.5, 0.6) is 0 Å². The van der Waals surface area contributed by atoms with Gasteiger partial charge in [0.15, 0.2) is 0 Å². The van der Waals surface area contributed by atoms with Crippen LogP contribution in [0.15, 0.2) is 41.0 Å². The van der Waals surface area contributed by atoms with Crippen molar-refractivity contribution in [2.24, 2.45) is 0 Å². The van der Waals surface area contributed by atoms with Crippen molar-refractivity contribution in [2.75, 3.05) is 0 Å². The Morgan fingerprint density at radius 1 is 1.20 bits per heavy atom. The number of nitrogens with zero attached hydrogens (tertiary/aromatic N) is 1. The summed E-state index contributed by atoms with van der Waals surface area (Å²) < 4.78 is 26.9. The first-order valence-corrected chi connectivity index (χ1v) is 7.18. The zero-order valence-corrected chi connectivity index (χ0v) is 12.6. The number of hydrogen-bond acceptors (Lipinski definition) is 2. The fourth-order valence-corrected chi connectivity index (χ4v) is 2.35. The summed E-state index contributed by atoms with van der Waals surface area (Å²) in [5.41, 5.74) is 1.62. The summed E-state index contributed by atoms with van der Waals surface area (Å²) in [6.45, 7) is 2.53. The van der Waals surface area contributed by atoms with E-state index in [1.165, 1.54) is 24.4 Å². The molecule has 5 heteroatoms. The Morgan fingerprint density at radius 3 is 2.60 bits per heavy atom. The average molecular weight is 341 g/mol. The van der Waals surface area contributed by atoms with Gasteiger partial charge in [-0.15, -0.1) is 0 Å². The van der Waals surface area contributed by atoms with Gasteiger partial charge in [-0.25, -0.2) is 8.78 Å². The minimum Gasteiger partial charge on any atom is -0.304 e. The number of aromatic nitrogens is 1. The molecule has 0 aliphatic carbocycles. The first kappa shape index (κ1) is 15.1. The Kier molecular flexibility index (Phi) is 5.20. The molecule has 0 radical (unpaired) electrons. The minimum absolute atomic E-state index is 0.00534. The zero-order valence-electron chi connectivity index (χ0n) is 11.0. The van der Waals surface area contributed by atoms with Crippen molar-refractivity contribution in [1.82, 2.24) is 10.3 Å². The molecule has 1 atom stereocenters. The second kappa shape index (κ2) is 6.90. The maximum absolute atomic E-state index is 13.2. The Hall–Kier alpha value is -1.33. The fourth-order valence-electron chi connectivity index (χ4n) is 1.96. The third-order valence-electron chi connectivity index (χ3n) is 3.06. The van der Waals surface area contributed by atoms with Crippen LogP contribution in [0.4, 0.5) is 8.78 Å². The highest BCUT2D eigenvalue weighted by atomic mass is 79.9. The first-order chi connectivity index (χ1) is 9.60. The standard InChI is InChI=1S/C15H15BrF2N2/c1-2-14(15-6-4-12(18)9-20-15)19-8-10-7-11(17)3-5-13(10)16/h3-7,9,14,19H,2,8H2,1H3. The highest BCUT2D eigenvalue weighted by Gasteiger charge is 2.11. The molecule has 2 rings (SSSR count). The van der Waals surface area contributed by atoms with Gasteiger partial charge in [0.25, 0.3) is 0 Å². The minimum atomic E-state index is -0.350. The third kappa shape index (κ3) is 3.84. The molecule has 106 valence electrons. The molecule has 1 aromatic heterocycles. The van der Waals surface area contributed by atoms with Crippen LogP contribution in [0.2, 0.25) is 0 Å². The van der Waals surface area contributed by atoms with E-state index in [4.69, 9.17) is 0 Å². The van der Waals surface area contributed by atoms with Crippen LogP contribution < -0.4 is 5.32 Å². The van der Waals surface area contributed by atoms with Gasteiger partial charge in [0.05, 0.1) is 11.9 Å². The van der Waals surface area contributed by atoms with E-state index in [1.54, 1.807) is 12.1 Å². The van der Waals surface area contributed by atoms with Gasteiger partial charge >= 0.3 is 0 Å². The van der Waals surface area contributed by atoms with E-state index >= 15 is 0 Å². The molecule has 0 saturated carbocycles. The van der Waals surface area contributed by atoms with Crippen LogP contribution in [-0.2, 0) is 6.54 Å². The molecule has 20 heavy (non-hydrogen) atoms. The average Bonchev–Trinajstić information content (AvgIpc) is 2.45. The van der Waals surface area contributed by atoms with Gasteiger partial charge in [-0.05, 0) is 42.3 Å². The number of nitrogens with one attached hydrogen (secondary N) is 1. The van der Waals surface area contributed by atoms with Gasteiger partial charge in [-0.3, -0.25) is 4.98 Å². The van der Waals surface area contributed by atoms with E-state index in [0.29, 0.717) is 6.54 Å². The summed E-state index contributed by atoms with van der Waals surface area (Å²) in [4.78, 5) is 4.08. The Morgan fingerprint density at radius 2 is 1.95 bits per heavy atom. The Balaban J connectivity index is 2.07. The lowest BCUT2D eigenvalue weighted by Crippen LogP contribution is -2.21. The molecule has 1 aromatic carbocycles. The maximum atomic E-state index is 13.2. The molecule has 2 nitrogen and oxygen atoms in total. The summed E-state index contributed by atoms with van der Waals surface area (Å²) in [7, 11) is 0. The Bertz CT molecular complexity index is 573. The predicted molar refractivity (Wildman–Crippen MR) is 78.2 cm³/mol. The molecule has 1 N–H and O–H groups in total. The number of hydrogen-bond donors (Lipinski definition) is 1. The fraction of sp³-hybridized carbons (Fsp3) is 0.267. The summed E-state index contributed by atoms with van der Waals surface area (Å²) >= 11 is 3.40. The van der Waals surface area contributed by atoms with Crippen molar-refractivity contribution in [3.63, 3.8) is 0 Å². The highest BCUT2D eigenvalue weighted by Crippen LogP contribution is 2.20. The predicted octanol–water partition coefficient (Wildman–Crippen LogP) is 4.36. The molecule has 0 amide bonds. The lowest BCUT2D eigenvalue weighted by atomic mass is 10.1. The quantitative estimate of drug-likeness (QED) is 0.874. The highest BCUT2D eigenvalue weighted by molar-refractivity contribution is 9.10. The van der Waals surface area contributed by atoms with Gasteiger partial charge in [0.2, 0.25) is 0 Å². The molecule has 0 aliphatic heterocycles. The zero-order chi connectivity index (χ0) is 14.5. The van der Waals surface area contributed by atoms with Crippen molar-refractivity contribution in [2.45, 2.75) is 25.9 Å². The Labute approximate surface area is 125 Å². The molecule has 0 spiro atoms. The van der Waals surface area contributed by atoms with Crippen LogP contribution >= 0.6 is 15.9 Å². The summed E-state index contributed by atoms with van der Waals surface area (Å²) in [6.07, 6.45) is 2.02. The smallest absolute Gasteiger partial charge is 0.141 e. The second-order valence-electron chi connectivity index (χ2n) is 4.48. The van der Waals surface area contributed by atoms with E-state index in [-0.39, 0.29) is 17.7 Å². The summed E-state index contributed by atoms with van der Waals surface area (Å²) in [6, 6.07) is 7.64. The van der Waals surface area contributed by atoms with Gasteiger partial charge in [-0.2, -0.15) is 0 Å². The molecular weight excluding hydrogens is 326 g/mol. The molecule has 1 heterocycles. The van der Waals surface area contributed by atoms with Gasteiger partial charge in [0.1, 0.15) is 11.6 Å². The van der Waals surface area contributed by atoms with Crippen molar-refractivity contribution in [1.29, 1.82) is 0 Å². The van der Waals surface area contributed by atoms with Gasteiger partial charge in [0, 0.05) is 17.1 Å². The molecule has 0 fully saturated rings. The number of pyridine rings is 1. The van der Waals surface area contributed by atoms with Crippen molar-refractivity contribution in [3.8, 4) is 0 Å². The largest absolute Gasteiger partial charge is 0.304 e.